The average molecular weight is 189 g/mol. The number of nitrogens with one attached hydrogen (secondary N) is 1. The second-order valence-electron chi connectivity index (χ2n) is 4.37. The maximum absolute atomic E-state index is 5.64. The number of guanidine groups is 1. The number of aliphatic imine (C=N–C) groups is 1. The molecule has 0 heterocycles. The SMILES string of the molecule is CC(C)(S)N=C(N)NC(C)(C)C. The summed E-state index contributed by atoms with van der Waals surface area (Å²) in [6.45, 7) is 9.85. The van der Waals surface area contributed by atoms with Crippen LogP contribution in [0.2, 0.25) is 0 Å². The third-order valence-electron chi connectivity index (χ3n) is 0.897. The van der Waals surface area contributed by atoms with Gasteiger partial charge >= 0.3 is 0 Å². The zero-order valence-corrected chi connectivity index (χ0v) is 9.37. The Morgan fingerprint density at radius 3 is 1.92 bits per heavy atom. The number of hydrogen-bond acceptors (Lipinski definition) is 2. The van der Waals surface area contributed by atoms with Crippen molar-refractivity contribution in [2.75, 3.05) is 0 Å². The Morgan fingerprint density at radius 2 is 1.67 bits per heavy atom. The smallest absolute Gasteiger partial charge is 0.190 e. The minimum absolute atomic E-state index is 0.0490. The van der Waals surface area contributed by atoms with E-state index in [-0.39, 0.29) is 5.54 Å². The standard InChI is InChI=1S/C8H19N3S/c1-7(2,3)10-6(9)11-8(4,5)12/h12H,1-5H3,(H3,9,10,11). The van der Waals surface area contributed by atoms with Crippen molar-refractivity contribution in [3.05, 3.63) is 0 Å². The highest BCUT2D eigenvalue weighted by Gasteiger charge is 2.13. The first-order valence-corrected chi connectivity index (χ1v) is 4.41. The zero-order chi connectivity index (χ0) is 9.99. The summed E-state index contributed by atoms with van der Waals surface area (Å²) in [4.78, 5) is 3.73. The lowest BCUT2D eigenvalue weighted by Crippen LogP contribution is -2.45. The summed E-state index contributed by atoms with van der Waals surface area (Å²) in [5.74, 6) is 0.433. The number of rotatable bonds is 1. The van der Waals surface area contributed by atoms with E-state index in [4.69, 9.17) is 5.73 Å². The molecule has 3 nitrogen and oxygen atoms in total. The molecule has 72 valence electrons. The van der Waals surface area contributed by atoms with Gasteiger partial charge in [0.1, 0.15) is 4.87 Å². The minimum Gasteiger partial charge on any atom is -0.370 e. The first-order chi connectivity index (χ1) is 5.10. The summed E-state index contributed by atoms with van der Waals surface area (Å²) in [5, 5.41) is 3.05. The summed E-state index contributed by atoms with van der Waals surface area (Å²) in [7, 11) is 0. The molecule has 0 aliphatic heterocycles. The van der Waals surface area contributed by atoms with Crippen LogP contribution in [-0.4, -0.2) is 16.4 Å². The molecule has 0 radical (unpaired) electrons. The second kappa shape index (κ2) is 3.56. The first kappa shape index (κ1) is 11.6. The van der Waals surface area contributed by atoms with Gasteiger partial charge in [0.2, 0.25) is 0 Å². The summed E-state index contributed by atoms with van der Waals surface area (Å²) >= 11 is 4.24. The monoisotopic (exact) mass is 189 g/mol. The summed E-state index contributed by atoms with van der Waals surface area (Å²) in [6, 6.07) is 0. The van der Waals surface area contributed by atoms with Crippen LogP contribution in [-0.2, 0) is 0 Å². The maximum atomic E-state index is 5.64. The minimum atomic E-state index is -0.414. The van der Waals surface area contributed by atoms with Crippen LogP contribution in [0.1, 0.15) is 34.6 Å². The van der Waals surface area contributed by atoms with Gasteiger partial charge in [-0.2, -0.15) is 0 Å². The summed E-state index contributed by atoms with van der Waals surface area (Å²) in [5.41, 5.74) is 5.59. The van der Waals surface area contributed by atoms with E-state index in [0.29, 0.717) is 5.96 Å². The van der Waals surface area contributed by atoms with Gasteiger partial charge in [0, 0.05) is 5.54 Å². The van der Waals surface area contributed by atoms with Gasteiger partial charge in [0.05, 0.1) is 0 Å². The fraction of sp³-hybridized carbons (Fsp3) is 0.875. The summed E-state index contributed by atoms with van der Waals surface area (Å²) < 4.78 is 0. The van der Waals surface area contributed by atoms with Crippen LogP contribution in [0.3, 0.4) is 0 Å². The van der Waals surface area contributed by atoms with Gasteiger partial charge in [0.15, 0.2) is 5.96 Å². The molecule has 0 aromatic carbocycles. The Bertz CT molecular complexity index is 174. The molecule has 0 aliphatic rings. The van der Waals surface area contributed by atoms with Crippen molar-refractivity contribution in [1.29, 1.82) is 0 Å². The van der Waals surface area contributed by atoms with Gasteiger partial charge in [-0.05, 0) is 34.6 Å². The highest BCUT2D eigenvalue weighted by Crippen LogP contribution is 2.12. The van der Waals surface area contributed by atoms with Gasteiger partial charge in [-0.25, -0.2) is 4.99 Å². The Kier molecular flexibility index (Phi) is 3.45. The third kappa shape index (κ3) is 7.72. The van der Waals surface area contributed by atoms with Crippen molar-refractivity contribution >= 4 is 18.6 Å². The molecule has 0 saturated carbocycles. The molecule has 0 bridgehead atoms. The molecule has 0 saturated heterocycles. The number of nitrogens with two attached hydrogens (primary N) is 1. The molecule has 3 N–H and O–H groups in total. The van der Waals surface area contributed by atoms with Crippen LogP contribution in [0.25, 0.3) is 0 Å². The van der Waals surface area contributed by atoms with E-state index in [9.17, 15) is 0 Å². The fourth-order valence-corrected chi connectivity index (χ4v) is 0.815. The quantitative estimate of drug-likeness (QED) is 0.331. The Hall–Kier alpha value is -0.380. The fourth-order valence-electron chi connectivity index (χ4n) is 0.707. The van der Waals surface area contributed by atoms with E-state index >= 15 is 0 Å². The van der Waals surface area contributed by atoms with E-state index in [1.807, 2.05) is 34.6 Å². The van der Waals surface area contributed by atoms with Gasteiger partial charge in [0.25, 0.3) is 0 Å². The molecule has 0 rings (SSSR count). The first-order valence-electron chi connectivity index (χ1n) is 3.96. The lowest BCUT2D eigenvalue weighted by molar-refractivity contribution is 0.506. The molecule has 0 spiro atoms. The molecule has 0 atom stereocenters. The molecular weight excluding hydrogens is 170 g/mol. The predicted molar refractivity (Wildman–Crippen MR) is 57.6 cm³/mol. The Balaban J connectivity index is 4.23. The van der Waals surface area contributed by atoms with Crippen molar-refractivity contribution in [1.82, 2.24) is 5.32 Å². The highest BCUT2D eigenvalue weighted by molar-refractivity contribution is 7.81. The molecular formula is C8H19N3S. The topological polar surface area (TPSA) is 50.4 Å². The zero-order valence-electron chi connectivity index (χ0n) is 8.47. The van der Waals surface area contributed by atoms with E-state index in [2.05, 4.69) is 22.9 Å². The van der Waals surface area contributed by atoms with Gasteiger partial charge in [-0.1, -0.05) is 0 Å². The van der Waals surface area contributed by atoms with Gasteiger partial charge in [-0.15, -0.1) is 12.6 Å². The van der Waals surface area contributed by atoms with Crippen LogP contribution < -0.4 is 11.1 Å². The summed E-state index contributed by atoms with van der Waals surface area (Å²) in [6.07, 6.45) is 0. The molecule has 0 fully saturated rings. The normalized spacial score (nSPS) is 14.7. The average Bonchev–Trinajstić information content (AvgIpc) is 1.49. The highest BCUT2D eigenvalue weighted by atomic mass is 32.1. The molecule has 0 amide bonds. The van der Waals surface area contributed by atoms with Crippen LogP contribution in [0.4, 0.5) is 0 Å². The van der Waals surface area contributed by atoms with Crippen LogP contribution in [0.5, 0.6) is 0 Å². The van der Waals surface area contributed by atoms with Crippen molar-refractivity contribution in [2.45, 2.75) is 45.0 Å². The van der Waals surface area contributed by atoms with Crippen LogP contribution in [0, 0.1) is 0 Å². The van der Waals surface area contributed by atoms with E-state index in [0.717, 1.165) is 0 Å². The van der Waals surface area contributed by atoms with Crippen molar-refractivity contribution < 1.29 is 0 Å². The molecule has 0 unspecified atom stereocenters. The van der Waals surface area contributed by atoms with Crippen LogP contribution in [0.15, 0.2) is 4.99 Å². The van der Waals surface area contributed by atoms with E-state index in [1.54, 1.807) is 0 Å². The molecule has 0 aromatic rings. The second-order valence-corrected chi connectivity index (χ2v) is 5.46. The molecule has 4 heteroatoms. The van der Waals surface area contributed by atoms with E-state index < -0.39 is 4.87 Å². The predicted octanol–water partition coefficient (Wildman–Crippen LogP) is 1.36. The van der Waals surface area contributed by atoms with Crippen molar-refractivity contribution in [2.24, 2.45) is 10.7 Å². The molecule has 12 heavy (non-hydrogen) atoms. The lowest BCUT2D eigenvalue weighted by atomic mass is 10.1. The van der Waals surface area contributed by atoms with E-state index in [1.165, 1.54) is 0 Å². The van der Waals surface area contributed by atoms with Crippen LogP contribution >= 0.6 is 12.6 Å². The number of hydrogen-bond donors (Lipinski definition) is 3. The molecule has 0 aromatic heterocycles. The van der Waals surface area contributed by atoms with Gasteiger partial charge < -0.3 is 11.1 Å². The largest absolute Gasteiger partial charge is 0.370 e. The number of thiol groups is 1. The van der Waals surface area contributed by atoms with Gasteiger partial charge in [-0.3, -0.25) is 0 Å². The number of nitrogens with zero attached hydrogens (tertiary/aromatic N) is 1. The Labute approximate surface area is 80.2 Å². The Morgan fingerprint density at radius 1 is 1.25 bits per heavy atom. The maximum Gasteiger partial charge on any atom is 0.190 e. The third-order valence-corrected chi connectivity index (χ3v) is 0.997. The van der Waals surface area contributed by atoms with Crippen molar-refractivity contribution in [3.63, 3.8) is 0 Å². The molecule has 0 aliphatic carbocycles. The van der Waals surface area contributed by atoms with Crippen molar-refractivity contribution in [3.8, 4) is 0 Å². The lowest BCUT2D eigenvalue weighted by Gasteiger charge is -2.23.